The number of rotatable bonds is 8. The molecule has 0 unspecified atom stereocenters. The van der Waals surface area contributed by atoms with E-state index in [1.54, 1.807) is 23.9 Å². The summed E-state index contributed by atoms with van der Waals surface area (Å²) in [6, 6.07) is 13.1. The SMILES string of the molecule is CCCCn1c(CSc2nnc(C)n2-c2ccc(C)cc2)nc2cc(S(N)(=O)=O)ccc21. The Bertz CT molecular complexity index is 1360. The Morgan fingerprint density at radius 3 is 2.50 bits per heavy atom. The number of unbranched alkanes of at least 4 members (excludes halogenated alkanes) is 1. The molecule has 0 atom stereocenters. The van der Waals surface area contributed by atoms with E-state index in [1.807, 2.05) is 11.5 Å². The van der Waals surface area contributed by atoms with Crippen molar-refractivity contribution in [3.05, 3.63) is 59.7 Å². The summed E-state index contributed by atoms with van der Waals surface area (Å²) in [4.78, 5) is 4.81. The van der Waals surface area contributed by atoms with Gasteiger partial charge in [0.15, 0.2) is 5.16 Å². The third kappa shape index (κ3) is 4.57. The van der Waals surface area contributed by atoms with E-state index in [-0.39, 0.29) is 4.90 Å². The molecule has 0 bridgehead atoms. The van der Waals surface area contributed by atoms with Gasteiger partial charge in [-0.3, -0.25) is 4.57 Å². The third-order valence-corrected chi connectivity index (χ3v) is 7.12. The van der Waals surface area contributed by atoms with Crippen molar-refractivity contribution < 1.29 is 8.42 Å². The van der Waals surface area contributed by atoms with Gasteiger partial charge in [-0.1, -0.05) is 42.8 Å². The number of primary sulfonamides is 1. The Kier molecular flexibility index (Phi) is 6.36. The van der Waals surface area contributed by atoms with Crippen molar-refractivity contribution >= 4 is 32.8 Å². The van der Waals surface area contributed by atoms with Crippen LogP contribution in [0.15, 0.2) is 52.5 Å². The van der Waals surface area contributed by atoms with E-state index in [1.165, 1.54) is 11.6 Å². The van der Waals surface area contributed by atoms with Crippen molar-refractivity contribution in [1.29, 1.82) is 0 Å². The molecule has 0 spiro atoms. The molecule has 0 aliphatic carbocycles. The largest absolute Gasteiger partial charge is 0.327 e. The van der Waals surface area contributed by atoms with E-state index < -0.39 is 10.0 Å². The average Bonchev–Trinajstić information content (AvgIpc) is 3.30. The smallest absolute Gasteiger partial charge is 0.238 e. The lowest BCUT2D eigenvalue weighted by Crippen LogP contribution is -2.11. The van der Waals surface area contributed by atoms with Crippen LogP contribution >= 0.6 is 11.8 Å². The molecular weight excluding hydrogens is 444 g/mol. The van der Waals surface area contributed by atoms with Gasteiger partial charge in [-0.25, -0.2) is 18.5 Å². The maximum absolute atomic E-state index is 11.8. The van der Waals surface area contributed by atoms with Crippen LogP contribution in [0.5, 0.6) is 0 Å². The normalized spacial score (nSPS) is 12.0. The maximum Gasteiger partial charge on any atom is 0.238 e. The molecule has 32 heavy (non-hydrogen) atoms. The minimum Gasteiger partial charge on any atom is -0.327 e. The molecule has 168 valence electrons. The van der Waals surface area contributed by atoms with E-state index in [2.05, 4.69) is 52.9 Å². The number of aromatic nitrogens is 5. The molecule has 8 nitrogen and oxygen atoms in total. The lowest BCUT2D eigenvalue weighted by Gasteiger charge is -2.10. The number of hydrogen-bond acceptors (Lipinski definition) is 6. The fourth-order valence-corrected chi connectivity index (χ4v) is 5.05. The molecule has 0 radical (unpaired) electrons. The maximum atomic E-state index is 11.8. The molecule has 10 heteroatoms. The molecule has 0 saturated heterocycles. The second-order valence-corrected chi connectivity index (χ2v) is 10.2. The van der Waals surface area contributed by atoms with Crippen molar-refractivity contribution in [1.82, 2.24) is 24.3 Å². The topological polar surface area (TPSA) is 109 Å². The molecule has 2 N–H and O–H groups in total. The van der Waals surface area contributed by atoms with E-state index >= 15 is 0 Å². The Labute approximate surface area is 191 Å². The summed E-state index contributed by atoms with van der Waals surface area (Å²) in [6.07, 6.45) is 2.04. The number of imidazole rings is 1. The van der Waals surface area contributed by atoms with E-state index in [9.17, 15) is 8.42 Å². The van der Waals surface area contributed by atoms with Crippen LogP contribution in [0.1, 0.15) is 37.0 Å². The summed E-state index contributed by atoms with van der Waals surface area (Å²) >= 11 is 1.56. The average molecular weight is 471 g/mol. The molecule has 0 aliphatic rings. The van der Waals surface area contributed by atoms with Gasteiger partial charge in [-0.05, 0) is 50.6 Å². The highest BCUT2D eigenvalue weighted by molar-refractivity contribution is 7.98. The molecule has 2 heterocycles. The number of benzene rings is 2. The fourth-order valence-electron chi connectivity index (χ4n) is 3.57. The number of fused-ring (bicyclic) bond motifs is 1. The van der Waals surface area contributed by atoms with Crippen molar-refractivity contribution in [2.75, 3.05) is 0 Å². The summed E-state index contributed by atoms with van der Waals surface area (Å²) in [5.41, 5.74) is 3.73. The van der Waals surface area contributed by atoms with Gasteiger partial charge in [-0.2, -0.15) is 0 Å². The van der Waals surface area contributed by atoms with Gasteiger partial charge < -0.3 is 4.57 Å². The standard InChI is InChI=1S/C22H26N6O2S2/c1-4-5-12-27-20-11-10-18(32(23,29)30)13-19(20)24-21(27)14-31-22-26-25-16(3)28(22)17-8-6-15(2)7-9-17/h6-11,13H,4-5,12,14H2,1-3H3,(H2,23,29,30). The lowest BCUT2D eigenvalue weighted by molar-refractivity contribution is 0.598. The Morgan fingerprint density at radius 1 is 1.06 bits per heavy atom. The lowest BCUT2D eigenvalue weighted by atomic mass is 10.2. The van der Waals surface area contributed by atoms with Gasteiger partial charge in [0, 0.05) is 12.2 Å². The number of nitrogens with two attached hydrogens (primary N) is 1. The van der Waals surface area contributed by atoms with Gasteiger partial charge in [0.1, 0.15) is 11.6 Å². The summed E-state index contributed by atoms with van der Waals surface area (Å²) in [7, 11) is -3.78. The number of aryl methyl sites for hydroxylation is 3. The van der Waals surface area contributed by atoms with Gasteiger partial charge in [0.25, 0.3) is 0 Å². The first kappa shape index (κ1) is 22.5. The van der Waals surface area contributed by atoms with Crippen molar-refractivity contribution in [2.45, 2.75) is 56.0 Å². The predicted octanol–water partition coefficient (Wildman–Crippen LogP) is 3.97. The molecule has 0 saturated carbocycles. The highest BCUT2D eigenvalue weighted by Gasteiger charge is 2.17. The predicted molar refractivity (Wildman–Crippen MR) is 126 cm³/mol. The summed E-state index contributed by atoms with van der Waals surface area (Å²) in [6.45, 7) is 6.93. The second kappa shape index (κ2) is 9.05. The summed E-state index contributed by atoms with van der Waals surface area (Å²) in [5.74, 6) is 2.25. The molecule has 0 amide bonds. The molecule has 2 aromatic heterocycles. The van der Waals surface area contributed by atoms with Gasteiger partial charge >= 0.3 is 0 Å². The molecule has 4 rings (SSSR count). The zero-order valence-electron chi connectivity index (χ0n) is 18.3. The van der Waals surface area contributed by atoms with Crippen LogP contribution in [0, 0.1) is 13.8 Å². The fraction of sp³-hybridized carbons (Fsp3) is 0.318. The first-order valence-corrected chi connectivity index (χ1v) is 12.9. The van der Waals surface area contributed by atoms with Crippen molar-refractivity contribution in [2.24, 2.45) is 5.14 Å². The van der Waals surface area contributed by atoms with Crippen molar-refractivity contribution in [3.63, 3.8) is 0 Å². The first-order valence-electron chi connectivity index (χ1n) is 10.4. The summed E-state index contributed by atoms with van der Waals surface area (Å²) in [5, 5.41) is 14.7. The van der Waals surface area contributed by atoms with E-state index in [0.717, 1.165) is 47.4 Å². The third-order valence-electron chi connectivity index (χ3n) is 5.28. The van der Waals surface area contributed by atoms with Crippen LogP contribution in [-0.2, 0) is 22.3 Å². The number of hydrogen-bond donors (Lipinski definition) is 1. The highest BCUT2D eigenvalue weighted by Crippen LogP contribution is 2.28. The van der Waals surface area contributed by atoms with E-state index in [4.69, 9.17) is 10.1 Å². The number of sulfonamides is 1. The van der Waals surface area contributed by atoms with Crippen LogP contribution in [0.25, 0.3) is 16.7 Å². The van der Waals surface area contributed by atoms with Gasteiger partial charge in [-0.15, -0.1) is 10.2 Å². The van der Waals surface area contributed by atoms with Crippen molar-refractivity contribution in [3.8, 4) is 5.69 Å². The van der Waals surface area contributed by atoms with Crippen LogP contribution in [0.2, 0.25) is 0 Å². The summed E-state index contributed by atoms with van der Waals surface area (Å²) < 4.78 is 27.7. The first-order chi connectivity index (χ1) is 15.3. The minimum atomic E-state index is -3.78. The number of thioether (sulfide) groups is 1. The van der Waals surface area contributed by atoms with Crippen LogP contribution in [0.4, 0.5) is 0 Å². The van der Waals surface area contributed by atoms with Crippen LogP contribution in [0.3, 0.4) is 0 Å². The quantitative estimate of drug-likeness (QED) is 0.390. The minimum absolute atomic E-state index is 0.0686. The highest BCUT2D eigenvalue weighted by atomic mass is 32.2. The molecular formula is C22H26N6O2S2. The number of nitrogens with zero attached hydrogens (tertiary/aromatic N) is 5. The molecule has 4 aromatic rings. The molecule has 2 aromatic carbocycles. The molecule has 0 aliphatic heterocycles. The van der Waals surface area contributed by atoms with Crippen LogP contribution < -0.4 is 5.14 Å². The Morgan fingerprint density at radius 2 is 1.81 bits per heavy atom. The van der Waals surface area contributed by atoms with Crippen LogP contribution in [-0.4, -0.2) is 32.7 Å². The Balaban J connectivity index is 1.68. The van der Waals surface area contributed by atoms with Gasteiger partial charge in [0.05, 0.1) is 21.7 Å². The van der Waals surface area contributed by atoms with E-state index in [0.29, 0.717) is 11.3 Å². The Hall–Kier alpha value is -2.69. The zero-order chi connectivity index (χ0) is 22.9. The van der Waals surface area contributed by atoms with Gasteiger partial charge in [0.2, 0.25) is 10.0 Å². The molecule has 0 fully saturated rings. The second-order valence-electron chi connectivity index (χ2n) is 7.72. The monoisotopic (exact) mass is 470 g/mol. The zero-order valence-corrected chi connectivity index (χ0v) is 19.9.